The van der Waals surface area contributed by atoms with Gasteiger partial charge in [-0.15, -0.1) is 0 Å². The van der Waals surface area contributed by atoms with Crippen molar-refractivity contribution in [2.75, 3.05) is 6.54 Å². The monoisotopic (exact) mass is 260 g/mol. The van der Waals surface area contributed by atoms with Crippen LogP contribution in [-0.2, 0) is 13.1 Å². The summed E-state index contributed by atoms with van der Waals surface area (Å²) in [5.41, 5.74) is 2.86. The van der Waals surface area contributed by atoms with Crippen LogP contribution in [0.1, 0.15) is 51.2 Å². The summed E-state index contributed by atoms with van der Waals surface area (Å²) in [7, 11) is 0. The zero-order valence-electron chi connectivity index (χ0n) is 12.7. The van der Waals surface area contributed by atoms with Gasteiger partial charge >= 0.3 is 0 Å². The van der Waals surface area contributed by atoms with Gasteiger partial charge in [-0.2, -0.15) is 0 Å². The van der Waals surface area contributed by atoms with Crippen LogP contribution in [0.3, 0.4) is 0 Å². The Bertz CT molecular complexity index is 383. The molecule has 19 heavy (non-hydrogen) atoms. The molecule has 1 N–H and O–H groups in total. The first kappa shape index (κ1) is 14.5. The molecule has 1 aromatic rings. The van der Waals surface area contributed by atoms with Gasteiger partial charge in [0.25, 0.3) is 0 Å². The van der Waals surface area contributed by atoms with Crippen molar-refractivity contribution >= 4 is 0 Å². The van der Waals surface area contributed by atoms with Crippen LogP contribution in [0.25, 0.3) is 0 Å². The van der Waals surface area contributed by atoms with Crippen molar-refractivity contribution in [3.63, 3.8) is 0 Å². The highest BCUT2D eigenvalue weighted by atomic mass is 15.2. The van der Waals surface area contributed by atoms with E-state index in [9.17, 15) is 0 Å². The standard InChI is InChI=1S/C17H28N2/c1-4-10-19(17-8-9-17)13-16-7-5-6-15(11-16)12-18-14(2)3/h5-7,11,14,17-18H,4,8-10,12-13H2,1-3H3. The summed E-state index contributed by atoms with van der Waals surface area (Å²) in [6.45, 7) is 9.99. The average Bonchev–Trinajstić information content (AvgIpc) is 3.21. The number of nitrogens with zero attached hydrogens (tertiary/aromatic N) is 1. The third-order valence-corrected chi connectivity index (χ3v) is 3.67. The number of rotatable bonds is 8. The quantitative estimate of drug-likeness (QED) is 0.769. The van der Waals surface area contributed by atoms with Crippen molar-refractivity contribution in [2.45, 2.75) is 65.2 Å². The fourth-order valence-electron chi connectivity index (χ4n) is 2.51. The van der Waals surface area contributed by atoms with Gasteiger partial charge in [-0.25, -0.2) is 0 Å². The van der Waals surface area contributed by atoms with Crippen molar-refractivity contribution < 1.29 is 0 Å². The van der Waals surface area contributed by atoms with E-state index in [1.165, 1.54) is 36.9 Å². The molecule has 0 unspecified atom stereocenters. The van der Waals surface area contributed by atoms with E-state index in [4.69, 9.17) is 0 Å². The second kappa shape index (κ2) is 7.06. The normalized spacial score (nSPS) is 15.4. The van der Waals surface area contributed by atoms with Crippen LogP contribution in [-0.4, -0.2) is 23.5 Å². The van der Waals surface area contributed by atoms with E-state index in [-0.39, 0.29) is 0 Å². The van der Waals surface area contributed by atoms with E-state index in [0.29, 0.717) is 6.04 Å². The minimum Gasteiger partial charge on any atom is -0.310 e. The van der Waals surface area contributed by atoms with E-state index in [1.54, 1.807) is 0 Å². The zero-order valence-corrected chi connectivity index (χ0v) is 12.7. The van der Waals surface area contributed by atoms with Gasteiger partial charge in [0.15, 0.2) is 0 Å². The fourth-order valence-corrected chi connectivity index (χ4v) is 2.51. The van der Waals surface area contributed by atoms with Crippen LogP contribution >= 0.6 is 0 Å². The Labute approximate surface area is 118 Å². The number of hydrogen-bond donors (Lipinski definition) is 1. The highest BCUT2D eigenvalue weighted by Crippen LogP contribution is 2.28. The molecule has 106 valence electrons. The second-order valence-corrected chi connectivity index (χ2v) is 6.06. The third-order valence-electron chi connectivity index (χ3n) is 3.67. The molecule has 2 heteroatoms. The highest BCUT2D eigenvalue weighted by molar-refractivity contribution is 5.23. The average molecular weight is 260 g/mol. The Hall–Kier alpha value is -0.860. The van der Waals surface area contributed by atoms with Crippen LogP contribution in [0.2, 0.25) is 0 Å². The molecule has 1 aliphatic carbocycles. The fraction of sp³-hybridized carbons (Fsp3) is 0.647. The molecular formula is C17H28N2. The van der Waals surface area contributed by atoms with Crippen LogP contribution in [0.15, 0.2) is 24.3 Å². The van der Waals surface area contributed by atoms with Gasteiger partial charge in [-0.05, 0) is 36.9 Å². The Balaban J connectivity index is 1.93. The minimum absolute atomic E-state index is 0.548. The maximum atomic E-state index is 3.49. The maximum absolute atomic E-state index is 3.49. The van der Waals surface area contributed by atoms with E-state index in [1.807, 2.05) is 0 Å². The predicted molar refractivity (Wildman–Crippen MR) is 82.1 cm³/mol. The SMILES string of the molecule is CCCN(Cc1cccc(CNC(C)C)c1)C1CC1. The first-order chi connectivity index (χ1) is 9.19. The number of nitrogens with one attached hydrogen (secondary N) is 1. The van der Waals surface area contributed by atoms with Gasteiger partial charge in [0.2, 0.25) is 0 Å². The molecule has 2 rings (SSSR count). The smallest absolute Gasteiger partial charge is 0.0236 e. The molecule has 0 aliphatic heterocycles. The highest BCUT2D eigenvalue weighted by Gasteiger charge is 2.28. The molecule has 1 aliphatic rings. The lowest BCUT2D eigenvalue weighted by molar-refractivity contribution is 0.255. The Kier molecular flexibility index (Phi) is 5.41. The van der Waals surface area contributed by atoms with E-state index in [0.717, 1.165) is 19.1 Å². The Morgan fingerprint density at radius 3 is 2.63 bits per heavy atom. The molecular weight excluding hydrogens is 232 g/mol. The lowest BCUT2D eigenvalue weighted by Crippen LogP contribution is -2.26. The largest absolute Gasteiger partial charge is 0.310 e. The molecule has 0 atom stereocenters. The minimum atomic E-state index is 0.548. The summed E-state index contributed by atoms with van der Waals surface area (Å²) in [6.07, 6.45) is 4.05. The summed E-state index contributed by atoms with van der Waals surface area (Å²) in [5, 5.41) is 3.49. The predicted octanol–water partition coefficient (Wildman–Crippen LogP) is 3.56. The van der Waals surface area contributed by atoms with Crippen LogP contribution < -0.4 is 5.32 Å². The summed E-state index contributed by atoms with van der Waals surface area (Å²) >= 11 is 0. The first-order valence-electron chi connectivity index (χ1n) is 7.74. The van der Waals surface area contributed by atoms with Crippen LogP contribution in [0.4, 0.5) is 0 Å². The zero-order chi connectivity index (χ0) is 13.7. The molecule has 0 spiro atoms. The first-order valence-corrected chi connectivity index (χ1v) is 7.74. The summed E-state index contributed by atoms with van der Waals surface area (Å²) < 4.78 is 0. The molecule has 0 aromatic heterocycles. The molecule has 0 heterocycles. The van der Waals surface area contributed by atoms with Crippen LogP contribution in [0, 0.1) is 0 Å². The van der Waals surface area contributed by atoms with Crippen molar-refractivity contribution in [1.29, 1.82) is 0 Å². The molecule has 1 aromatic carbocycles. The molecule has 0 amide bonds. The topological polar surface area (TPSA) is 15.3 Å². The maximum Gasteiger partial charge on any atom is 0.0236 e. The molecule has 0 radical (unpaired) electrons. The van der Waals surface area contributed by atoms with Crippen molar-refractivity contribution in [2.24, 2.45) is 0 Å². The molecule has 2 nitrogen and oxygen atoms in total. The van der Waals surface area contributed by atoms with Crippen LogP contribution in [0.5, 0.6) is 0 Å². The van der Waals surface area contributed by atoms with Gasteiger partial charge in [0, 0.05) is 25.2 Å². The molecule has 1 fully saturated rings. The summed E-state index contributed by atoms with van der Waals surface area (Å²) in [4.78, 5) is 2.65. The lowest BCUT2D eigenvalue weighted by Gasteiger charge is -2.21. The number of hydrogen-bond acceptors (Lipinski definition) is 2. The van der Waals surface area contributed by atoms with Crippen molar-refractivity contribution in [3.05, 3.63) is 35.4 Å². The second-order valence-electron chi connectivity index (χ2n) is 6.06. The molecule has 1 saturated carbocycles. The van der Waals surface area contributed by atoms with E-state index >= 15 is 0 Å². The lowest BCUT2D eigenvalue weighted by atomic mass is 10.1. The van der Waals surface area contributed by atoms with Gasteiger partial charge in [0.05, 0.1) is 0 Å². The third kappa shape index (κ3) is 4.96. The Morgan fingerprint density at radius 1 is 1.26 bits per heavy atom. The Morgan fingerprint density at radius 2 is 2.00 bits per heavy atom. The van der Waals surface area contributed by atoms with Gasteiger partial charge in [-0.1, -0.05) is 45.0 Å². The summed E-state index contributed by atoms with van der Waals surface area (Å²) in [5.74, 6) is 0. The van der Waals surface area contributed by atoms with E-state index < -0.39 is 0 Å². The van der Waals surface area contributed by atoms with Gasteiger partial charge in [-0.3, -0.25) is 4.90 Å². The molecule has 0 saturated heterocycles. The molecule has 0 bridgehead atoms. The van der Waals surface area contributed by atoms with Gasteiger partial charge in [0.1, 0.15) is 0 Å². The summed E-state index contributed by atoms with van der Waals surface area (Å²) in [6, 6.07) is 10.5. The number of benzene rings is 1. The van der Waals surface area contributed by atoms with Crippen molar-refractivity contribution in [1.82, 2.24) is 10.2 Å². The van der Waals surface area contributed by atoms with E-state index in [2.05, 4.69) is 55.3 Å². The van der Waals surface area contributed by atoms with Gasteiger partial charge < -0.3 is 5.32 Å². The van der Waals surface area contributed by atoms with Crippen molar-refractivity contribution in [3.8, 4) is 0 Å².